The second kappa shape index (κ2) is 9.92. The van der Waals surface area contributed by atoms with E-state index in [-0.39, 0.29) is 36.0 Å². The topological polar surface area (TPSA) is 114 Å². The number of carbonyl (C=O) groups excluding carboxylic acids is 3. The molecule has 2 aromatic heterocycles. The van der Waals surface area contributed by atoms with Crippen LogP contribution in [0.4, 0.5) is 4.39 Å². The molecule has 1 aliphatic heterocycles. The molecule has 1 aromatic carbocycles. The molecule has 10 heteroatoms. The first-order chi connectivity index (χ1) is 16.3. The van der Waals surface area contributed by atoms with E-state index in [0.717, 1.165) is 0 Å². The predicted molar refractivity (Wildman–Crippen MR) is 122 cm³/mol. The van der Waals surface area contributed by atoms with Crippen LogP contribution in [-0.4, -0.2) is 74.7 Å². The first kappa shape index (κ1) is 23.2. The highest BCUT2D eigenvalue weighted by atomic mass is 19.1. The van der Waals surface area contributed by atoms with Gasteiger partial charge >= 0.3 is 0 Å². The number of primary amides is 1. The Bertz CT molecular complexity index is 1220. The number of rotatable bonds is 7. The third-order valence-corrected chi connectivity index (χ3v) is 6.01. The van der Waals surface area contributed by atoms with Crippen molar-refractivity contribution in [2.45, 2.75) is 13.5 Å². The van der Waals surface area contributed by atoms with Crippen LogP contribution in [0, 0.1) is 12.7 Å². The van der Waals surface area contributed by atoms with E-state index in [1.807, 2.05) is 4.90 Å². The van der Waals surface area contributed by atoms with Crippen LogP contribution in [0.5, 0.6) is 0 Å². The minimum atomic E-state index is -0.644. The normalized spacial score (nSPS) is 14.2. The number of hydrogen-bond acceptors (Lipinski definition) is 6. The van der Waals surface area contributed by atoms with Crippen LogP contribution < -0.4 is 5.73 Å². The quantitative estimate of drug-likeness (QED) is 0.530. The molecule has 3 heterocycles. The number of halogens is 1. The summed E-state index contributed by atoms with van der Waals surface area (Å²) in [6.07, 6.45) is 4.41. The number of piperazine rings is 1. The summed E-state index contributed by atoms with van der Waals surface area (Å²) in [6, 6.07) is 7.79. The van der Waals surface area contributed by atoms with Gasteiger partial charge in [-0.15, -0.1) is 0 Å². The van der Waals surface area contributed by atoms with Crippen LogP contribution in [-0.2, 0) is 6.54 Å². The zero-order chi connectivity index (χ0) is 24.2. The van der Waals surface area contributed by atoms with Crippen molar-refractivity contribution in [1.82, 2.24) is 24.3 Å². The fourth-order valence-corrected chi connectivity index (χ4v) is 4.09. The van der Waals surface area contributed by atoms with Gasteiger partial charge in [0.2, 0.25) is 0 Å². The minimum absolute atomic E-state index is 0.103. The highest BCUT2D eigenvalue weighted by molar-refractivity contribution is 6.01. The van der Waals surface area contributed by atoms with Crippen LogP contribution in [0.1, 0.15) is 42.6 Å². The Hall–Kier alpha value is -3.92. The van der Waals surface area contributed by atoms with E-state index >= 15 is 0 Å². The molecule has 9 nitrogen and oxygen atoms in total. The number of benzene rings is 1. The highest BCUT2D eigenvalue weighted by Gasteiger charge is 2.27. The van der Waals surface area contributed by atoms with E-state index < -0.39 is 11.7 Å². The molecule has 0 bridgehead atoms. The number of nitrogens with zero attached hydrogens (tertiary/aromatic N) is 5. The molecular weight excluding hydrogens is 439 g/mol. The molecule has 176 valence electrons. The Morgan fingerprint density at radius 3 is 2.47 bits per heavy atom. The molecule has 4 rings (SSSR count). The zero-order valence-electron chi connectivity index (χ0n) is 18.8. The summed E-state index contributed by atoms with van der Waals surface area (Å²) in [5.41, 5.74) is 7.24. The Balaban J connectivity index is 1.47. The molecule has 2 amide bonds. The van der Waals surface area contributed by atoms with Gasteiger partial charge < -0.3 is 15.2 Å². The smallest absolute Gasteiger partial charge is 0.274 e. The van der Waals surface area contributed by atoms with E-state index in [4.69, 9.17) is 5.73 Å². The van der Waals surface area contributed by atoms with Crippen LogP contribution >= 0.6 is 0 Å². The molecule has 0 unspecified atom stereocenters. The number of Topliss-reactive ketones (excluding diaryl/α,β-unsaturated/α-hetero) is 1. The van der Waals surface area contributed by atoms with Gasteiger partial charge in [0.25, 0.3) is 11.8 Å². The van der Waals surface area contributed by atoms with Crippen molar-refractivity contribution >= 4 is 17.6 Å². The van der Waals surface area contributed by atoms with E-state index in [2.05, 4.69) is 9.97 Å². The van der Waals surface area contributed by atoms with Crippen molar-refractivity contribution in [1.29, 1.82) is 0 Å². The second-order valence-electron chi connectivity index (χ2n) is 8.15. The molecular formula is C24H25FN6O3. The molecule has 1 fully saturated rings. The summed E-state index contributed by atoms with van der Waals surface area (Å²) >= 11 is 0. The third kappa shape index (κ3) is 4.86. The summed E-state index contributed by atoms with van der Waals surface area (Å²) in [6.45, 7) is 3.81. The Morgan fingerprint density at radius 2 is 1.82 bits per heavy atom. The summed E-state index contributed by atoms with van der Waals surface area (Å²) < 4.78 is 15.9. The summed E-state index contributed by atoms with van der Waals surface area (Å²) in [5, 5.41) is 0. The van der Waals surface area contributed by atoms with Crippen molar-refractivity contribution in [3.63, 3.8) is 0 Å². The van der Waals surface area contributed by atoms with E-state index in [1.54, 1.807) is 34.6 Å². The standard InChI is InChI=1S/C24H25FN6O3/c1-16-18(23(26)33)12-21(31(16)14-17-4-2-3-5-19(17)25)22(32)15-29-8-10-30(11-9-29)24(34)20-13-27-6-7-28-20/h2-7,12-13H,8-11,14-15H2,1H3,(H2,26,33). The molecule has 34 heavy (non-hydrogen) atoms. The van der Waals surface area contributed by atoms with Gasteiger partial charge in [0, 0.05) is 49.8 Å². The first-order valence-corrected chi connectivity index (χ1v) is 10.9. The number of amides is 2. The third-order valence-electron chi connectivity index (χ3n) is 6.01. The monoisotopic (exact) mass is 464 g/mol. The van der Waals surface area contributed by atoms with Gasteiger partial charge in [-0.2, -0.15) is 0 Å². The first-order valence-electron chi connectivity index (χ1n) is 10.9. The second-order valence-corrected chi connectivity index (χ2v) is 8.15. The van der Waals surface area contributed by atoms with Gasteiger partial charge in [0.05, 0.1) is 30.5 Å². The fraction of sp³-hybridized carbons (Fsp3) is 0.292. The number of carbonyl (C=O) groups is 3. The highest BCUT2D eigenvalue weighted by Crippen LogP contribution is 2.20. The number of nitrogens with two attached hydrogens (primary N) is 1. The molecule has 1 saturated heterocycles. The van der Waals surface area contributed by atoms with Crippen LogP contribution in [0.3, 0.4) is 0 Å². The van der Waals surface area contributed by atoms with Gasteiger partial charge in [0.1, 0.15) is 11.5 Å². The van der Waals surface area contributed by atoms with Gasteiger partial charge in [-0.1, -0.05) is 18.2 Å². The van der Waals surface area contributed by atoms with Crippen LogP contribution in [0.2, 0.25) is 0 Å². The van der Waals surface area contributed by atoms with E-state index in [9.17, 15) is 18.8 Å². The maximum atomic E-state index is 14.3. The lowest BCUT2D eigenvalue weighted by atomic mass is 10.2. The summed E-state index contributed by atoms with van der Waals surface area (Å²) in [7, 11) is 0. The van der Waals surface area contributed by atoms with Crippen molar-refractivity contribution in [2.24, 2.45) is 5.73 Å². The molecule has 1 aliphatic rings. The molecule has 0 saturated carbocycles. The van der Waals surface area contributed by atoms with Gasteiger partial charge in [-0.3, -0.25) is 24.3 Å². The van der Waals surface area contributed by atoms with Crippen molar-refractivity contribution in [2.75, 3.05) is 32.7 Å². The number of aromatic nitrogens is 3. The average Bonchev–Trinajstić information content (AvgIpc) is 3.17. The number of ketones is 1. The SMILES string of the molecule is Cc1c(C(N)=O)cc(C(=O)CN2CCN(C(=O)c3cnccn3)CC2)n1Cc1ccccc1F. The van der Waals surface area contributed by atoms with E-state index in [1.165, 1.54) is 30.7 Å². The summed E-state index contributed by atoms with van der Waals surface area (Å²) in [5.74, 6) is -1.44. The maximum Gasteiger partial charge on any atom is 0.274 e. The van der Waals surface area contributed by atoms with Crippen LogP contribution in [0.25, 0.3) is 0 Å². The lowest BCUT2D eigenvalue weighted by Gasteiger charge is -2.34. The van der Waals surface area contributed by atoms with Gasteiger partial charge in [-0.25, -0.2) is 9.37 Å². The Kier molecular flexibility index (Phi) is 6.78. The van der Waals surface area contributed by atoms with Crippen molar-refractivity contribution in [3.05, 3.63) is 82.9 Å². The van der Waals surface area contributed by atoms with Gasteiger partial charge in [-0.05, 0) is 19.1 Å². The Morgan fingerprint density at radius 1 is 1.09 bits per heavy atom. The lowest BCUT2D eigenvalue weighted by molar-refractivity contribution is 0.0617. The number of hydrogen-bond donors (Lipinski definition) is 1. The fourth-order valence-electron chi connectivity index (χ4n) is 4.09. The van der Waals surface area contributed by atoms with Crippen LogP contribution in [0.15, 0.2) is 48.9 Å². The maximum absolute atomic E-state index is 14.3. The lowest BCUT2D eigenvalue weighted by Crippen LogP contribution is -2.50. The molecule has 2 N–H and O–H groups in total. The largest absolute Gasteiger partial charge is 0.366 e. The van der Waals surface area contributed by atoms with Crippen molar-refractivity contribution < 1.29 is 18.8 Å². The zero-order valence-corrected chi connectivity index (χ0v) is 18.8. The Labute approximate surface area is 196 Å². The van der Waals surface area contributed by atoms with E-state index in [0.29, 0.717) is 43.1 Å². The summed E-state index contributed by atoms with van der Waals surface area (Å²) in [4.78, 5) is 49.3. The van der Waals surface area contributed by atoms with Gasteiger partial charge in [0.15, 0.2) is 5.78 Å². The molecule has 3 aromatic rings. The molecule has 0 radical (unpaired) electrons. The molecule has 0 spiro atoms. The molecule has 0 aliphatic carbocycles. The predicted octanol–water partition coefficient (Wildman–Crippen LogP) is 1.51. The molecule has 0 atom stereocenters. The van der Waals surface area contributed by atoms with Crippen molar-refractivity contribution in [3.8, 4) is 0 Å². The average molecular weight is 465 g/mol. The minimum Gasteiger partial charge on any atom is -0.366 e.